The summed E-state index contributed by atoms with van der Waals surface area (Å²) in [6.07, 6.45) is 6.70. The molecule has 0 bridgehead atoms. The first-order valence-corrected chi connectivity index (χ1v) is 3.90. The molecule has 1 rings (SSSR count). The predicted octanol–water partition coefficient (Wildman–Crippen LogP) is -0.0902. The minimum absolute atomic E-state index is 0.319. The number of nitrogens with zero attached hydrogens (tertiary/aromatic N) is 1. The maximum Gasteiger partial charge on any atom is 0.117 e. The summed E-state index contributed by atoms with van der Waals surface area (Å²) >= 11 is 0. The molecule has 66 valence electrons. The van der Waals surface area contributed by atoms with Gasteiger partial charge in [0.2, 0.25) is 0 Å². The molecule has 0 spiro atoms. The highest BCUT2D eigenvalue weighted by molar-refractivity contribution is 5.55. The lowest BCUT2D eigenvalue weighted by atomic mass is 10.2. The molecule has 4 heteroatoms. The van der Waals surface area contributed by atoms with Gasteiger partial charge in [0.25, 0.3) is 0 Å². The number of nitrogens with two attached hydrogens (primary N) is 1. The lowest BCUT2D eigenvalue weighted by Crippen LogP contribution is -2.32. The zero-order valence-electron chi connectivity index (χ0n) is 6.96. The molecular weight excluding hydrogens is 152 g/mol. The second kappa shape index (κ2) is 4.43. The van der Waals surface area contributed by atoms with Gasteiger partial charge in [0, 0.05) is 12.6 Å². The Hall–Kier alpha value is -1.45. The number of nitrogens with one attached hydrogen (secondary N) is 2. The Bertz CT molecular complexity index is 199. The van der Waals surface area contributed by atoms with E-state index >= 15 is 0 Å². The first-order chi connectivity index (χ1) is 5.79. The fourth-order valence-corrected chi connectivity index (χ4v) is 0.970. The third-order valence-corrected chi connectivity index (χ3v) is 1.56. The molecule has 0 amide bonds. The molecule has 4 nitrogen and oxygen atoms in total. The monoisotopic (exact) mass is 166 g/mol. The number of rotatable bonds is 4. The first kappa shape index (κ1) is 8.64. The van der Waals surface area contributed by atoms with Crippen molar-refractivity contribution >= 4 is 6.34 Å². The topological polar surface area (TPSA) is 62.4 Å². The van der Waals surface area contributed by atoms with Crippen LogP contribution < -0.4 is 16.4 Å². The molecule has 12 heavy (non-hydrogen) atoms. The summed E-state index contributed by atoms with van der Waals surface area (Å²) in [5, 5.41) is 6.21. The highest BCUT2D eigenvalue weighted by Crippen LogP contribution is 1.98. The van der Waals surface area contributed by atoms with Crippen molar-refractivity contribution in [1.29, 1.82) is 0 Å². The van der Waals surface area contributed by atoms with E-state index in [4.69, 9.17) is 5.73 Å². The summed E-state index contributed by atoms with van der Waals surface area (Å²) in [5.41, 5.74) is 5.23. The molecule has 0 fully saturated rings. The summed E-state index contributed by atoms with van der Waals surface area (Å²) in [5.74, 6) is 0.319. The summed E-state index contributed by atoms with van der Waals surface area (Å²) in [7, 11) is 0. The Labute approximate surface area is 72.2 Å². The average Bonchev–Trinajstić information content (AvgIpc) is 2.49. The van der Waals surface area contributed by atoms with Crippen molar-refractivity contribution in [2.45, 2.75) is 12.5 Å². The largest absolute Gasteiger partial charge is 0.386 e. The van der Waals surface area contributed by atoms with Crippen LogP contribution in [0.4, 0.5) is 0 Å². The minimum atomic E-state index is 0.319. The van der Waals surface area contributed by atoms with Crippen LogP contribution in [-0.2, 0) is 0 Å². The van der Waals surface area contributed by atoms with E-state index < -0.39 is 0 Å². The quantitative estimate of drug-likeness (QED) is 0.404. The first-order valence-electron chi connectivity index (χ1n) is 3.90. The molecule has 1 heterocycles. The fourth-order valence-electron chi connectivity index (χ4n) is 0.970. The van der Waals surface area contributed by atoms with Crippen molar-refractivity contribution in [3.05, 3.63) is 24.7 Å². The van der Waals surface area contributed by atoms with Crippen molar-refractivity contribution in [3.63, 3.8) is 0 Å². The van der Waals surface area contributed by atoms with Crippen LogP contribution in [0.2, 0.25) is 0 Å². The van der Waals surface area contributed by atoms with E-state index in [9.17, 15) is 0 Å². The van der Waals surface area contributed by atoms with Crippen molar-refractivity contribution in [2.75, 3.05) is 6.54 Å². The van der Waals surface area contributed by atoms with Gasteiger partial charge in [0.05, 0.1) is 6.34 Å². The highest BCUT2D eigenvalue weighted by atomic mass is 15.0. The Morgan fingerprint density at radius 2 is 2.75 bits per heavy atom. The van der Waals surface area contributed by atoms with E-state index in [1.807, 2.05) is 6.20 Å². The fraction of sp³-hybridized carbons (Fsp3) is 0.375. The number of hydrogen-bond acceptors (Lipinski definition) is 3. The van der Waals surface area contributed by atoms with Crippen molar-refractivity contribution in [1.82, 2.24) is 10.6 Å². The molecule has 0 radical (unpaired) electrons. The molecule has 4 N–H and O–H groups in total. The van der Waals surface area contributed by atoms with Crippen LogP contribution >= 0.6 is 0 Å². The molecular formula is C8H14N4. The summed E-state index contributed by atoms with van der Waals surface area (Å²) < 4.78 is 0. The van der Waals surface area contributed by atoms with Crippen LogP contribution in [0.5, 0.6) is 0 Å². The zero-order chi connectivity index (χ0) is 8.81. The van der Waals surface area contributed by atoms with Crippen LogP contribution in [0.3, 0.4) is 0 Å². The molecule has 0 aromatic carbocycles. The molecule has 1 unspecified atom stereocenters. The van der Waals surface area contributed by atoms with Crippen LogP contribution in [0.25, 0.3) is 0 Å². The minimum Gasteiger partial charge on any atom is -0.386 e. The Kier molecular flexibility index (Phi) is 3.19. The third kappa shape index (κ3) is 3.09. The van der Waals surface area contributed by atoms with Gasteiger partial charge in [-0.1, -0.05) is 12.7 Å². The molecule has 0 aliphatic carbocycles. The van der Waals surface area contributed by atoms with Crippen molar-refractivity contribution < 1.29 is 0 Å². The molecule has 0 aromatic rings. The molecule has 0 aromatic heterocycles. The van der Waals surface area contributed by atoms with E-state index in [-0.39, 0.29) is 0 Å². The van der Waals surface area contributed by atoms with Gasteiger partial charge in [-0.3, -0.25) is 0 Å². The molecule has 1 aliphatic heterocycles. The van der Waals surface area contributed by atoms with Gasteiger partial charge in [0.15, 0.2) is 0 Å². The third-order valence-electron chi connectivity index (χ3n) is 1.56. The number of aliphatic imine (C=N–C) groups is 1. The maximum absolute atomic E-state index is 5.23. The van der Waals surface area contributed by atoms with E-state index in [0.29, 0.717) is 11.9 Å². The number of hydrogen-bond donors (Lipinski definition) is 3. The predicted molar refractivity (Wildman–Crippen MR) is 50.5 cm³/mol. The molecule has 1 aliphatic rings. The van der Waals surface area contributed by atoms with Gasteiger partial charge in [-0.25, -0.2) is 4.99 Å². The molecule has 0 saturated carbocycles. The van der Waals surface area contributed by atoms with Crippen LogP contribution in [0.15, 0.2) is 29.7 Å². The standard InChI is InChI=1S/C8H14N4/c1-7(9)12-6-10-5-8-3-2-4-11-8/h2,4,6,8,11H,1,3,5,9H2,(H,10,12). The van der Waals surface area contributed by atoms with Gasteiger partial charge >= 0.3 is 0 Å². The van der Waals surface area contributed by atoms with Crippen LogP contribution in [0.1, 0.15) is 6.42 Å². The van der Waals surface area contributed by atoms with E-state index in [1.54, 1.807) is 6.34 Å². The summed E-state index contributed by atoms with van der Waals surface area (Å²) in [6, 6.07) is 0.475. The van der Waals surface area contributed by atoms with Gasteiger partial charge in [-0.15, -0.1) is 0 Å². The van der Waals surface area contributed by atoms with E-state index in [1.165, 1.54) is 0 Å². The van der Waals surface area contributed by atoms with Crippen molar-refractivity contribution in [3.8, 4) is 0 Å². The normalized spacial score (nSPS) is 21.2. The lowest BCUT2D eigenvalue weighted by Gasteiger charge is -2.09. The van der Waals surface area contributed by atoms with Gasteiger partial charge in [0.1, 0.15) is 5.82 Å². The second-order valence-corrected chi connectivity index (χ2v) is 2.66. The Morgan fingerprint density at radius 3 is 3.33 bits per heavy atom. The summed E-state index contributed by atoms with van der Waals surface area (Å²) in [4.78, 5) is 3.78. The van der Waals surface area contributed by atoms with Gasteiger partial charge < -0.3 is 16.4 Å². The smallest absolute Gasteiger partial charge is 0.117 e. The van der Waals surface area contributed by atoms with Crippen molar-refractivity contribution in [2.24, 2.45) is 10.7 Å². The summed E-state index contributed by atoms with van der Waals surface area (Å²) in [6.45, 7) is 4.29. The molecule has 1 atom stereocenters. The molecule has 0 saturated heterocycles. The average molecular weight is 166 g/mol. The van der Waals surface area contributed by atoms with Crippen LogP contribution in [0, 0.1) is 0 Å². The van der Waals surface area contributed by atoms with Gasteiger partial charge in [-0.05, 0) is 12.6 Å². The Balaban J connectivity index is 2.06. The lowest BCUT2D eigenvalue weighted by molar-refractivity contribution is 0.610. The highest BCUT2D eigenvalue weighted by Gasteiger charge is 2.06. The van der Waals surface area contributed by atoms with Gasteiger partial charge in [-0.2, -0.15) is 0 Å². The van der Waals surface area contributed by atoms with E-state index in [2.05, 4.69) is 28.3 Å². The van der Waals surface area contributed by atoms with Crippen LogP contribution in [-0.4, -0.2) is 18.9 Å². The van der Waals surface area contributed by atoms with E-state index in [0.717, 1.165) is 13.0 Å². The maximum atomic E-state index is 5.23. The zero-order valence-corrected chi connectivity index (χ0v) is 6.96. The Morgan fingerprint density at radius 1 is 1.92 bits per heavy atom. The SMILES string of the molecule is C=C(N)/N=C\NCC1CC=CN1. The second-order valence-electron chi connectivity index (χ2n) is 2.66.